The predicted molar refractivity (Wildman–Crippen MR) is 90.5 cm³/mol. The van der Waals surface area contributed by atoms with E-state index in [0.717, 1.165) is 5.56 Å². The number of hydrogen-bond donors (Lipinski definition) is 1. The van der Waals surface area contributed by atoms with Crippen molar-refractivity contribution in [2.75, 3.05) is 11.4 Å². The molecule has 0 bridgehead atoms. The summed E-state index contributed by atoms with van der Waals surface area (Å²) in [4.78, 5) is 30.5. The van der Waals surface area contributed by atoms with Crippen LogP contribution < -0.4 is 4.90 Å². The molecule has 0 spiro atoms. The molecule has 2 aromatic rings. The summed E-state index contributed by atoms with van der Waals surface area (Å²) >= 11 is 0. The average Bonchev–Trinajstić information content (AvgIpc) is 2.93. The van der Waals surface area contributed by atoms with Gasteiger partial charge in [-0.05, 0) is 36.6 Å². The Hall–Kier alpha value is -2.53. The summed E-state index contributed by atoms with van der Waals surface area (Å²) in [5.41, 5.74) is -0.132. The van der Waals surface area contributed by atoms with Gasteiger partial charge in [0.05, 0.1) is 0 Å². The van der Waals surface area contributed by atoms with Gasteiger partial charge in [0.25, 0.3) is 5.91 Å². The van der Waals surface area contributed by atoms with E-state index in [0.29, 0.717) is 25.1 Å². The molecule has 0 aliphatic carbocycles. The molecule has 5 nitrogen and oxygen atoms in total. The summed E-state index contributed by atoms with van der Waals surface area (Å²) in [5.74, 6) is -0.908. The highest BCUT2D eigenvalue weighted by atomic mass is 16.3. The van der Waals surface area contributed by atoms with Crippen LogP contribution in [0.25, 0.3) is 0 Å². The minimum absolute atomic E-state index is 0.145. The van der Waals surface area contributed by atoms with E-state index >= 15 is 0 Å². The molecule has 1 aromatic heterocycles. The maximum absolute atomic E-state index is 12.5. The van der Waals surface area contributed by atoms with Gasteiger partial charge in [-0.3, -0.25) is 14.6 Å². The number of anilines is 1. The van der Waals surface area contributed by atoms with Gasteiger partial charge in [0.1, 0.15) is 0 Å². The number of para-hydroxylation sites is 1. The number of nitrogens with zero attached hydrogens (tertiary/aromatic N) is 2. The second kappa shape index (κ2) is 6.93. The summed E-state index contributed by atoms with van der Waals surface area (Å²) in [7, 11) is 0. The fourth-order valence-corrected chi connectivity index (χ4v) is 3.02. The topological polar surface area (TPSA) is 70.5 Å². The number of aryl methyl sites for hydroxylation is 1. The summed E-state index contributed by atoms with van der Waals surface area (Å²) in [5, 5.41) is 10.6. The Morgan fingerprint density at radius 2 is 2.00 bits per heavy atom. The van der Waals surface area contributed by atoms with E-state index in [1.165, 1.54) is 4.90 Å². The molecule has 1 saturated heterocycles. The van der Waals surface area contributed by atoms with Gasteiger partial charge >= 0.3 is 0 Å². The van der Waals surface area contributed by atoms with E-state index in [1.807, 2.05) is 30.3 Å². The van der Waals surface area contributed by atoms with Crippen molar-refractivity contribution < 1.29 is 14.7 Å². The van der Waals surface area contributed by atoms with Crippen LogP contribution in [0.1, 0.15) is 24.8 Å². The van der Waals surface area contributed by atoms with E-state index in [2.05, 4.69) is 4.98 Å². The number of ketones is 1. The Labute approximate surface area is 140 Å². The van der Waals surface area contributed by atoms with Crippen molar-refractivity contribution in [3.63, 3.8) is 0 Å². The van der Waals surface area contributed by atoms with Gasteiger partial charge in [0, 0.05) is 37.5 Å². The maximum Gasteiger partial charge on any atom is 0.266 e. The number of aromatic nitrogens is 1. The first-order valence-electron chi connectivity index (χ1n) is 8.13. The third-order valence-electron chi connectivity index (χ3n) is 4.42. The second-order valence-corrected chi connectivity index (χ2v) is 6.04. The standard InChI is InChI=1S/C19H20N2O3/c22-17(10-4-6-15-7-5-12-20-14-15)19(24)11-13-21(18(19)23)16-8-2-1-3-9-16/h1-3,5,7-9,12,14,24H,4,6,10-11,13H2/t19-/m0/s1. The SMILES string of the molecule is O=C(CCCc1cccnc1)[C@@]1(O)CCN(c2ccccc2)C1=O. The van der Waals surface area contributed by atoms with Gasteiger partial charge in [-0.1, -0.05) is 24.3 Å². The number of carbonyl (C=O) groups is 2. The lowest BCUT2D eigenvalue weighted by Crippen LogP contribution is -2.46. The Morgan fingerprint density at radius 3 is 2.71 bits per heavy atom. The van der Waals surface area contributed by atoms with Crippen molar-refractivity contribution in [1.82, 2.24) is 4.98 Å². The minimum atomic E-state index is -1.88. The number of benzene rings is 1. The molecule has 5 heteroatoms. The Bertz CT molecular complexity index is 718. The number of hydrogen-bond acceptors (Lipinski definition) is 4. The number of Topliss-reactive ketones (excluding diaryl/α,β-unsaturated/α-hetero) is 1. The molecule has 1 atom stereocenters. The third kappa shape index (κ3) is 3.21. The highest BCUT2D eigenvalue weighted by Crippen LogP contribution is 2.30. The van der Waals surface area contributed by atoms with Gasteiger partial charge in [-0.25, -0.2) is 0 Å². The predicted octanol–water partition coefficient (Wildman–Crippen LogP) is 2.14. The Morgan fingerprint density at radius 1 is 1.21 bits per heavy atom. The fraction of sp³-hybridized carbons (Fsp3) is 0.316. The van der Waals surface area contributed by atoms with Gasteiger partial charge < -0.3 is 10.0 Å². The molecule has 0 saturated carbocycles. The molecule has 0 unspecified atom stereocenters. The number of rotatable bonds is 6. The normalized spacial score (nSPS) is 20.4. The van der Waals surface area contributed by atoms with Crippen LogP contribution in [-0.4, -0.2) is 33.9 Å². The molecule has 2 heterocycles. The van der Waals surface area contributed by atoms with Crippen molar-refractivity contribution in [3.8, 4) is 0 Å². The third-order valence-corrected chi connectivity index (χ3v) is 4.42. The Balaban J connectivity index is 1.61. The van der Waals surface area contributed by atoms with E-state index in [4.69, 9.17) is 0 Å². The molecule has 1 aliphatic heterocycles. The van der Waals surface area contributed by atoms with Crippen LogP contribution in [0.4, 0.5) is 5.69 Å². The van der Waals surface area contributed by atoms with Crippen LogP contribution in [0.3, 0.4) is 0 Å². The van der Waals surface area contributed by atoms with Crippen LogP contribution in [0.5, 0.6) is 0 Å². The van der Waals surface area contributed by atoms with E-state index in [9.17, 15) is 14.7 Å². The van der Waals surface area contributed by atoms with Crippen LogP contribution >= 0.6 is 0 Å². The lowest BCUT2D eigenvalue weighted by atomic mass is 9.92. The monoisotopic (exact) mass is 324 g/mol. The van der Waals surface area contributed by atoms with Gasteiger partial charge in [-0.15, -0.1) is 0 Å². The number of carbonyl (C=O) groups excluding carboxylic acids is 2. The molecular formula is C19H20N2O3. The number of amides is 1. The zero-order valence-corrected chi connectivity index (χ0v) is 13.4. The van der Waals surface area contributed by atoms with E-state index in [1.54, 1.807) is 24.5 Å². The minimum Gasteiger partial charge on any atom is -0.373 e. The average molecular weight is 324 g/mol. The first-order valence-corrected chi connectivity index (χ1v) is 8.13. The highest BCUT2D eigenvalue weighted by Gasteiger charge is 2.50. The molecule has 1 N–H and O–H groups in total. The molecule has 124 valence electrons. The lowest BCUT2D eigenvalue weighted by molar-refractivity contribution is -0.147. The first-order chi connectivity index (χ1) is 11.6. The zero-order chi connectivity index (χ0) is 17.0. The van der Waals surface area contributed by atoms with Gasteiger partial charge in [0.15, 0.2) is 5.78 Å². The van der Waals surface area contributed by atoms with Crippen molar-refractivity contribution in [3.05, 3.63) is 60.4 Å². The summed E-state index contributed by atoms with van der Waals surface area (Å²) in [6.07, 6.45) is 5.08. The molecule has 1 fully saturated rings. The fourth-order valence-electron chi connectivity index (χ4n) is 3.02. The van der Waals surface area contributed by atoms with Crippen molar-refractivity contribution in [2.24, 2.45) is 0 Å². The molecule has 24 heavy (non-hydrogen) atoms. The highest BCUT2D eigenvalue weighted by molar-refractivity contribution is 6.16. The van der Waals surface area contributed by atoms with Crippen molar-refractivity contribution >= 4 is 17.4 Å². The summed E-state index contributed by atoms with van der Waals surface area (Å²) in [6, 6.07) is 12.9. The molecule has 1 aromatic carbocycles. The number of pyridine rings is 1. The number of aliphatic hydroxyl groups is 1. The molecule has 1 amide bonds. The van der Waals surface area contributed by atoms with E-state index < -0.39 is 17.3 Å². The van der Waals surface area contributed by atoms with E-state index in [-0.39, 0.29) is 12.8 Å². The summed E-state index contributed by atoms with van der Waals surface area (Å²) in [6.45, 7) is 0.355. The van der Waals surface area contributed by atoms with Gasteiger partial charge in [0.2, 0.25) is 5.60 Å². The molecule has 3 rings (SSSR count). The molecular weight excluding hydrogens is 304 g/mol. The summed E-state index contributed by atoms with van der Waals surface area (Å²) < 4.78 is 0. The van der Waals surface area contributed by atoms with Crippen molar-refractivity contribution in [2.45, 2.75) is 31.3 Å². The Kier molecular flexibility index (Phi) is 4.71. The smallest absolute Gasteiger partial charge is 0.266 e. The molecule has 0 radical (unpaired) electrons. The van der Waals surface area contributed by atoms with Crippen LogP contribution in [0, 0.1) is 0 Å². The lowest BCUT2D eigenvalue weighted by Gasteiger charge is -2.21. The van der Waals surface area contributed by atoms with Gasteiger partial charge in [-0.2, -0.15) is 0 Å². The first kappa shape index (κ1) is 16.3. The molecule has 1 aliphatic rings. The van der Waals surface area contributed by atoms with Crippen LogP contribution in [-0.2, 0) is 16.0 Å². The maximum atomic E-state index is 12.5. The van der Waals surface area contributed by atoms with Crippen LogP contribution in [0.15, 0.2) is 54.9 Å². The second-order valence-electron chi connectivity index (χ2n) is 6.04. The largest absolute Gasteiger partial charge is 0.373 e. The van der Waals surface area contributed by atoms with Crippen molar-refractivity contribution in [1.29, 1.82) is 0 Å². The van der Waals surface area contributed by atoms with Crippen LogP contribution in [0.2, 0.25) is 0 Å². The zero-order valence-electron chi connectivity index (χ0n) is 13.4. The quantitative estimate of drug-likeness (QED) is 0.827.